The number of rotatable bonds is 6. The van der Waals surface area contributed by atoms with Gasteiger partial charge in [-0.1, -0.05) is 12.1 Å². The molecule has 1 aliphatic heterocycles. The van der Waals surface area contributed by atoms with E-state index in [0.717, 1.165) is 31.1 Å². The van der Waals surface area contributed by atoms with Crippen LogP contribution in [-0.4, -0.2) is 36.1 Å². The summed E-state index contributed by atoms with van der Waals surface area (Å²) in [5, 5.41) is 12.2. The third-order valence-electron chi connectivity index (χ3n) is 4.23. The Kier molecular flexibility index (Phi) is 4.74. The largest absolute Gasteiger partial charge is 0.497 e. The molecular weight excluding hydrogens is 288 g/mol. The van der Waals surface area contributed by atoms with E-state index in [0.29, 0.717) is 11.7 Å². The van der Waals surface area contributed by atoms with Gasteiger partial charge in [-0.15, -0.1) is 0 Å². The lowest BCUT2D eigenvalue weighted by Gasteiger charge is -2.41. The van der Waals surface area contributed by atoms with Crippen molar-refractivity contribution in [2.24, 2.45) is 0 Å². The molecule has 0 saturated carbocycles. The number of nitriles is 1. The van der Waals surface area contributed by atoms with Gasteiger partial charge in [-0.2, -0.15) is 5.26 Å². The molecule has 0 amide bonds. The number of hydrogen-bond acceptors (Lipinski definition) is 5. The zero-order valence-corrected chi connectivity index (χ0v) is 13.2. The maximum Gasteiger partial charge on any atom is 0.140 e. The summed E-state index contributed by atoms with van der Waals surface area (Å²) in [6, 6.07) is 14.4. The molecule has 1 saturated heterocycles. The van der Waals surface area contributed by atoms with E-state index in [1.165, 1.54) is 12.0 Å². The first-order valence-electron chi connectivity index (χ1n) is 7.75. The van der Waals surface area contributed by atoms with Crippen molar-refractivity contribution in [1.29, 1.82) is 5.26 Å². The molecule has 1 aromatic carbocycles. The van der Waals surface area contributed by atoms with Gasteiger partial charge in [0.15, 0.2) is 0 Å². The number of pyridine rings is 1. The third-order valence-corrected chi connectivity index (χ3v) is 4.23. The normalized spacial score (nSPS) is 17.1. The van der Waals surface area contributed by atoms with Crippen LogP contribution in [0, 0.1) is 11.3 Å². The molecule has 0 aliphatic carbocycles. The van der Waals surface area contributed by atoms with Crippen LogP contribution < -0.4 is 10.1 Å². The summed E-state index contributed by atoms with van der Waals surface area (Å²) in [5.41, 5.74) is 2.70. The van der Waals surface area contributed by atoms with Crippen LogP contribution in [0.25, 0.3) is 0 Å². The van der Waals surface area contributed by atoms with E-state index in [1.807, 2.05) is 24.3 Å². The number of aromatic nitrogens is 1. The van der Waals surface area contributed by atoms with Crippen molar-refractivity contribution >= 4 is 5.69 Å². The number of likely N-dealkylation sites (tertiary alicyclic amines) is 1. The van der Waals surface area contributed by atoms with Crippen LogP contribution in [0.3, 0.4) is 0 Å². The Morgan fingerprint density at radius 2 is 2.13 bits per heavy atom. The monoisotopic (exact) mass is 308 g/mol. The van der Waals surface area contributed by atoms with Crippen molar-refractivity contribution in [2.75, 3.05) is 25.5 Å². The summed E-state index contributed by atoms with van der Waals surface area (Å²) in [7, 11) is 1.68. The Labute approximate surface area is 136 Å². The second-order valence-corrected chi connectivity index (χ2v) is 5.69. The molecule has 23 heavy (non-hydrogen) atoms. The van der Waals surface area contributed by atoms with Gasteiger partial charge in [0.1, 0.15) is 17.5 Å². The molecule has 5 heteroatoms. The summed E-state index contributed by atoms with van der Waals surface area (Å²) in [4.78, 5) is 6.54. The van der Waals surface area contributed by atoms with Gasteiger partial charge in [-0.05, 0) is 36.2 Å². The number of benzene rings is 1. The highest BCUT2D eigenvalue weighted by Crippen LogP contribution is 2.22. The molecule has 1 aromatic heterocycles. The lowest BCUT2D eigenvalue weighted by Crippen LogP contribution is -2.50. The summed E-state index contributed by atoms with van der Waals surface area (Å²) in [5.74, 6) is 0.892. The molecule has 0 spiro atoms. The zero-order chi connectivity index (χ0) is 16.1. The number of hydrogen-bond donors (Lipinski definition) is 1. The smallest absolute Gasteiger partial charge is 0.140 e. The highest BCUT2D eigenvalue weighted by Gasteiger charge is 2.27. The molecule has 1 aliphatic rings. The number of methoxy groups -OCH3 is 1. The summed E-state index contributed by atoms with van der Waals surface area (Å²) < 4.78 is 5.19. The van der Waals surface area contributed by atoms with Crippen molar-refractivity contribution in [3.05, 3.63) is 53.9 Å². The molecule has 2 heterocycles. The summed E-state index contributed by atoms with van der Waals surface area (Å²) >= 11 is 0. The fourth-order valence-electron chi connectivity index (χ4n) is 2.70. The quantitative estimate of drug-likeness (QED) is 0.889. The first-order valence-corrected chi connectivity index (χ1v) is 7.75. The second-order valence-electron chi connectivity index (χ2n) is 5.69. The van der Waals surface area contributed by atoms with Crippen LogP contribution in [0.15, 0.2) is 42.6 Å². The highest BCUT2D eigenvalue weighted by atomic mass is 16.5. The van der Waals surface area contributed by atoms with Crippen molar-refractivity contribution in [3.63, 3.8) is 0 Å². The van der Waals surface area contributed by atoms with Gasteiger partial charge in [-0.3, -0.25) is 4.90 Å². The topological polar surface area (TPSA) is 61.2 Å². The summed E-state index contributed by atoms with van der Waals surface area (Å²) in [6.45, 7) is 2.98. The first kappa shape index (κ1) is 15.3. The van der Waals surface area contributed by atoms with E-state index in [-0.39, 0.29) is 0 Å². The van der Waals surface area contributed by atoms with E-state index >= 15 is 0 Å². The van der Waals surface area contributed by atoms with E-state index in [2.05, 4.69) is 27.3 Å². The summed E-state index contributed by atoms with van der Waals surface area (Å²) in [6.07, 6.45) is 2.91. The molecule has 5 nitrogen and oxygen atoms in total. The maximum atomic E-state index is 8.75. The van der Waals surface area contributed by atoms with E-state index in [1.54, 1.807) is 19.4 Å². The molecule has 1 N–H and O–H groups in total. The average molecular weight is 308 g/mol. The van der Waals surface area contributed by atoms with Gasteiger partial charge in [0, 0.05) is 25.7 Å². The Balaban J connectivity index is 1.50. The lowest BCUT2D eigenvalue weighted by atomic mass is 10.0. The molecule has 1 unspecified atom stereocenters. The Morgan fingerprint density at radius 3 is 2.70 bits per heavy atom. The van der Waals surface area contributed by atoms with Crippen molar-refractivity contribution < 1.29 is 4.74 Å². The minimum Gasteiger partial charge on any atom is -0.497 e. The molecule has 1 atom stereocenters. The van der Waals surface area contributed by atoms with Gasteiger partial charge in [0.25, 0.3) is 0 Å². The number of anilines is 1. The second kappa shape index (κ2) is 7.12. The van der Waals surface area contributed by atoms with Gasteiger partial charge in [0.2, 0.25) is 0 Å². The number of ether oxygens (including phenoxy) is 1. The number of nitrogens with one attached hydrogen (secondary N) is 1. The molecule has 2 aromatic rings. The van der Waals surface area contributed by atoms with Gasteiger partial charge in [0.05, 0.1) is 19.0 Å². The lowest BCUT2D eigenvalue weighted by molar-refractivity contribution is 0.0913. The Morgan fingerprint density at radius 1 is 1.30 bits per heavy atom. The van der Waals surface area contributed by atoms with Gasteiger partial charge >= 0.3 is 0 Å². The predicted octanol–water partition coefficient (Wildman–Crippen LogP) is 2.65. The van der Waals surface area contributed by atoms with Crippen LogP contribution in [0.5, 0.6) is 5.75 Å². The van der Waals surface area contributed by atoms with Crippen molar-refractivity contribution in [3.8, 4) is 11.8 Å². The predicted molar refractivity (Wildman–Crippen MR) is 89.3 cm³/mol. The van der Waals surface area contributed by atoms with Crippen LogP contribution in [-0.2, 0) is 6.54 Å². The van der Waals surface area contributed by atoms with Crippen LogP contribution in [0.2, 0.25) is 0 Å². The molecule has 3 rings (SSSR count). The zero-order valence-electron chi connectivity index (χ0n) is 13.2. The molecular formula is C18H20N4O. The molecule has 0 bridgehead atoms. The standard InChI is InChI=1S/C18H20N4O/c1-23-18-6-2-14(3-7-18)13-22-9-8-17(22)12-21-16-5-4-15(10-19)20-11-16/h2-7,11,17,21H,8-9,12-13H2,1H3. The minimum atomic E-state index is 0.445. The Hall–Kier alpha value is -2.58. The van der Waals surface area contributed by atoms with Gasteiger partial charge in [-0.25, -0.2) is 4.98 Å². The third kappa shape index (κ3) is 3.79. The van der Waals surface area contributed by atoms with E-state index in [4.69, 9.17) is 10.00 Å². The molecule has 1 fully saturated rings. The highest BCUT2D eigenvalue weighted by molar-refractivity contribution is 5.42. The van der Waals surface area contributed by atoms with Crippen LogP contribution in [0.1, 0.15) is 17.7 Å². The van der Waals surface area contributed by atoms with E-state index < -0.39 is 0 Å². The molecule has 0 radical (unpaired) electrons. The molecule has 118 valence electrons. The van der Waals surface area contributed by atoms with Crippen molar-refractivity contribution in [2.45, 2.75) is 19.0 Å². The van der Waals surface area contributed by atoms with E-state index in [9.17, 15) is 0 Å². The maximum absolute atomic E-state index is 8.75. The average Bonchev–Trinajstić information content (AvgIpc) is 2.60. The Bertz CT molecular complexity index is 676. The number of nitrogens with zero attached hydrogens (tertiary/aromatic N) is 3. The minimum absolute atomic E-state index is 0.445. The van der Waals surface area contributed by atoms with Crippen LogP contribution in [0.4, 0.5) is 5.69 Å². The SMILES string of the molecule is COc1ccc(CN2CCC2CNc2ccc(C#N)nc2)cc1. The van der Waals surface area contributed by atoms with Crippen molar-refractivity contribution in [1.82, 2.24) is 9.88 Å². The van der Waals surface area contributed by atoms with Gasteiger partial charge < -0.3 is 10.1 Å². The first-order chi connectivity index (χ1) is 11.3. The van der Waals surface area contributed by atoms with Crippen LogP contribution >= 0.6 is 0 Å². The fourth-order valence-corrected chi connectivity index (χ4v) is 2.70. The fraction of sp³-hybridized carbons (Fsp3) is 0.333.